The van der Waals surface area contributed by atoms with Crippen LogP contribution in [-0.4, -0.2) is 59.5 Å². The van der Waals surface area contributed by atoms with Crippen LogP contribution in [0.5, 0.6) is 0 Å². The average Bonchev–Trinajstić information content (AvgIpc) is 2.91. The molecule has 1 fully saturated rings. The smallest absolute Gasteiger partial charge is 0.244 e. The van der Waals surface area contributed by atoms with Gasteiger partial charge in [0.1, 0.15) is 4.90 Å². The summed E-state index contributed by atoms with van der Waals surface area (Å²) in [6.07, 6.45) is 1.62. The second-order valence-corrected chi connectivity index (χ2v) is 7.39. The van der Waals surface area contributed by atoms with Gasteiger partial charge < -0.3 is 9.67 Å². The van der Waals surface area contributed by atoms with Gasteiger partial charge in [0.2, 0.25) is 10.0 Å². The fourth-order valence-electron chi connectivity index (χ4n) is 2.89. The van der Waals surface area contributed by atoms with Crippen molar-refractivity contribution in [1.82, 2.24) is 13.8 Å². The van der Waals surface area contributed by atoms with Gasteiger partial charge in [0, 0.05) is 44.1 Å². The number of aliphatic hydroxyl groups excluding tert-OH is 1. The van der Waals surface area contributed by atoms with E-state index in [1.165, 1.54) is 0 Å². The molecule has 7 heteroatoms. The topological polar surface area (TPSA) is 65.8 Å². The molecule has 2 heterocycles. The van der Waals surface area contributed by atoms with E-state index in [0.29, 0.717) is 25.3 Å². The van der Waals surface area contributed by atoms with E-state index in [1.807, 2.05) is 6.92 Å². The number of hydrogen-bond donors (Lipinski definition) is 1. The molecule has 1 atom stereocenters. The molecule has 120 valence electrons. The van der Waals surface area contributed by atoms with Gasteiger partial charge >= 0.3 is 0 Å². The minimum Gasteiger partial charge on any atom is -0.390 e. The maximum Gasteiger partial charge on any atom is 0.244 e. The first kappa shape index (κ1) is 16.5. The number of sulfonamides is 1. The quantitative estimate of drug-likeness (QED) is 0.869. The van der Waals surface area contributed by atoms with Gasteiger partial charge in [-0.3, -0.25) is 4.90 Å². The van der Waals surface area contributed by atoms with E-state index >= 15 is 0 Å². The van der Waals surface area contributed by atoms with Crippen LogP contribution in [0.2, 0.25) is 0 Å². The van der Waals surface area contributed by atoms with Gasteiger partial charge in [0.25, 0.3) is 0 Å². The number of aromatic nitrogens is 1. The number of aryl methyl sites for hydroxylation is 1. The highest BCUT2D eigenvalue weighted by Gasteiger charge is 2.32. The summed E-state index contributed by atoms with van der Waals surface area (Å²) in [6, 6.07) is 1.81. The molecule has 0 bridgehead atoms. The van der Waals surface area contributed by atoms with Crippen LogP contribution in [0.25, 0.3) is 0 Å². The van der Waals surface area contributed by atoms with Gasteiger partial charge in [-0.15, -0.1) is 0 Å². The lowest BCUT2D eigenvalue weighted by Crippen LogP contribution is -2.53. The number of nitrogens with zero attached hydrogens (tertiary/aromatic N) is 3. The van der Waals surface area contributed by atoms with Gasteiger partial charge in [-0.05, 0) is 26.5 Å². The Hall–Kier alpha value is -0.890. The molecule has 1 N–H and O–H groups in total. The van der Waals surface area contributed by atoms with E-state index in [2.05, 4.69) is 18.7 Å². The van der Waals surface area contributed by atoms with Crippen LogP contribution in [-0.2, 0) is 23.2 Å². The van der Waals surface area contributed by atoms with Crippen LogP contribution in [0.3, 0.4) is 0 Å². The molecular weight excluding hydrogens is 290 g/mol. The predicted molar refractivity (Wildman–Crippen MR) is 81.5 cm³/mol. The first-order chi connectivity index (χ1) is 9.93. The molecule has 1 unspecified atom stereocenters. The summed E-state index contributed by atoms with van der Waals surface area (Å²) >= 11 is 0. The second-order valence-electron chi connectivity index (χ2n) is 5.45. The molecule has 0 spiro atoms. The number of likely N-dealkylation sites (N-methyl/N-ethyl adjacent to an activating group) is 1. The van der Waals surface area contributed by atoms with Crippen molar-refractivity contribution in [2.45, 2.75) is 44.9 Å². The Morgan fingerprint density at radius 2 is 2.00 bits per heavy atom. The summed E-state index contributed by atoms with van der Waals surface area (Å²) in [5, 5.41) is 9.31. The monoisotopic (exact) mass is 315 g/mol. The molecule has 0 radical (unpaired) electrons. The molecule has 21 heavy (non-hydrogen) atoms. The Labute approximate surface area is 127 Å². The minimum atomic E-state index is -3.47. The first-order valence-electron chi connectivity index (χ1n) is 7.48. The van der Waals surface area contributed by atoms with Crippen LogP contribution in [0.15, 0.2) is 17.2 Å². The fraction of sp³-hybridized carbons (Fsp3) is 0.714. The van der Waals surface area contributed by atoms with Crippen molar-refractivity contribution in [1.29, 1.82) is 0 Å². The third-order valence-electron chi connectivity index (χ3n) is 4.24. The van der Waals surface area contributed by atoms with Crippen LogP contribution in [0, 0.1) is 0 Å². The molecule has 1 aliphatic heterocycles. The molecule has 1 aromatic heterocycles. The normalized spacial score (nSPS) is 21.8. The number of hydrogen-bond acceptors (Lipinski definition) is 4. The highest BCUT2D eigenvalue weighted by atomic mass is 32.2. The van der Waals surface area contributed by atoms with E-state index in [9.17, 15) is 13.5 Å². The molecule has 0 aromatic carbocycles. The number of piperazine rings is 1. The van der Waals surface area contributed by atoms with E-state index in [-0.39, 0.29) is 17.5 Å². The van der Waals surface area contributed by atoms with Crippen molar-refractivity contribution in [2.75, 3.05) is 26.2 Å². The van der Waals surface area contributed by atoms with Gasteiger partial charge in [0.15, 0.2) is 0 Å². The van der Waals surface area contributed by atoms with E-state index in [4.69, 9.17) is 0 Å². The average molecular weight is 315 g/mol. The van der Waals surface area contributed by atoms with Gasteiger partial charge in [0.05, 0.1) is 6.61 Å². The Morgan fingerprint density at radius 1 is 1.29 bits per heavy atom. The summed E-state index contributed by atoms with van der Waals surface area (Å²) in [6.45, 7) is 9.31. The van der Waals surface area contributed by atoms with Crippen LogP contribution in [0.1, 0.15) is 26.5 Å². The van der Waals surface area contributed by atoms with Crippen molar-refractivity contribution in [3.63, 3.8) is 0 Å². The molecule has 0 aliphatic carbocycles. The second kappa shape index (κ2) is 6.48. The van der Waals surface area contributed by atoms with Crippen molar-refractivity contribution >= 4 is 10.0 Å². The van der Waals surface area contributed by atoms with E-state index in [0.717, 1.165) is 13.1 Å². The van der Waals surface area contributed by atoms with Crippen molar-refractivity contribution < 1.29 is 13.5 Å². The summed E-state index contributed by atoms with van der Waals surface area (Å²) in [4.78, 5) is 2.56. The van der Waals surface area contributed by atoms with Crippen molar-refractivity contribution in [3.05, 3.63) is 18.0 Å². The molecule has 1 aromatic rings. The van der Waals surface area contributed by atoms with Crippen LogP contribution in [0.4, 0.5) is 0 Å². The largest absolute Gasteiger partial charge is 0.390 e. The SMILES string of the molecule is CCN1CCN(S(=O)(=O)c2cc(CO)n(CC)c2)CC1C. The predicted octanol–water partition coefficient (Wildman–Crippen LogP) is 0.715. The third kappa shape index (κ3) is 3.15. The zero-order valence-corrected chi connectivity index (χ0v) is 13.8. The fourth-order valence-corrected chi connectivity index (χ4v) is 4.47. The molecule has 0 saturated carbocycles. The molecule has 1 saturated heterocycles. The maximum atomic E-state index is 12.7. The summed E-state index contributed by atoms with van der Waals surface area (Å²) in [5.41, 5.74) is 0.635. The van der Waals surface area contributed by atoms with Gasteiger partial charge in [-0.2, -0.15) is 4.31 Å². The third-order valence-corrected chi connectivity index (χ3v) is 6.07. The van der Waals surface area contributed by atoms with Crippen molar-refractivity contribution in [3.8, 4) is 0 Å². The van der Waals surface area contributed by atoms with Crippen LogP contribution >= 0.6 is 0 Å². The van der Waals surface area contributed by atoms with Gasteiger partial charge in [-0.25, -0.2) is 8.42 Å². The number of rotatable bonds is 5. The summed E-state index contributed by atoms with van der Waals surface area (Å²) < 4.78 is 28.8. The van der Waals surface area contributed by atoms with Crippen molar-refractivity contribution in [2.24, 2.45) is 0 Å². The Kier molecular flexibility index (Phi) is 5.08. The number of aliphatic hydroxyl groups is 1. The highest BCUT2D eigenvalue weighted by molar-refractivity contribution is 7.89. The summed E-state index contributed by atoms with van der Waals surface area (Å²) in [7, 11) is -3.47. The zero-order valence-electron chi connectivity index (χ0n) is 13.0. The Bertz CT molecular complexity index is 561. The standard InChI is InChI=1S/C14H25N3O3S/c1-4-15-6-7-17(9-12(15)3)21(19,20)14-8-13(11-18)16(5-2)10-14/h8,10,12,18H,4-7,9,11H2,1-3H3. The maximum absolute atomic E-state index is 12.7. The Morgan fingerprint density at radius 3 is 2.48 bits per heavy atom. The molecule has 1 aliphatic rings. The zero-order chi connectivity index (χ0) is 15.6. The molecule has 2 rings (SSSR count). The van der Waals surface area contributed by atoms with E-state index in [1.54, 1.807) is 21.1 Å². The Balaban J connectivity index is 2.24. The molecular formula is C14H25N3O3S. The lowest BCUT2D eigenvalue weighted by Gasteiger charge is -2.38. The van der Waals surface area contributed by atoms with Gasteiger partial charge in [-0.1, -0.05) is 6.92 Å². The van der Waals surface area contributed by atoms with E-state index < -0.39 is 10.0 Å². The van der Waals surface area contributed by atoms with Crippen LogP contribution < -0.4 is 0 Å². The lowest BCUT2D eigenvalue weighted by atomic mass is 10.2. The minimum absolute atomic E-state index is 0.149. The summed E-state index contributed by atoms with van der Waals surface area (Å²) in [5.74, 6) is 0. The highest BCUT2D eigenvalue weighted by Crippen LogP contribution is 2.22. The molecule has 6 nitrogen and oxygen atoms in total. The lowest BCUT2D eigenvalue weighted by molar-refractivity contribution is 0.135. The molecule has 0 amide bonds. The first-order valence-corrected chi connectivity index (χ1v) is 8.92.